The van der Waals surface area contributed by atoms with Crippen molar-refractivity contribution in [2.24, 2.45) is 5.92 Å². The van der Waals surface area contributed by atoms with Crippen molar-refractivity contribution in [2.45, 2.75) is 32.6 Å². The predicted octanol–water partition coefficient (Wildman–Crippen LogP) is 3.73. The number of hydrogen-bond acceptors (Lipinski definition) is 1. The molecule has 1 aliphatic carbocycles. The average Bonchev–Trinajstić information content (AvgIpc) is 2.30. The minimum atomic E-state index is -0.791. The van der Waals surface area contributed by atoms with Crippen molar-refractivity contribution in [3.63, 3.8) is 0 Å². The number of aliphatic carboxylic acids is 1. The zero-order valence-corrected chi connectivity index (χ0v) is 10.1. The highest BCUT2D eigenvalue weighted by atomic mass is 16.4. The molecule has 1 aromatic rings. The van der Waals surface area contributed by atoms with Crippen LogP contribution in [0.4, 0.5) is 0 Å². The fraction of sp³-hybridized carbons (Fsp3) is 0.400. The third-order valence-corrected chi connectivity index (χ3v) is 3.40. The van der Waals surface area contributed by atoms with Crippen LogP contribution in [-0.2, 0) is 4.79 Å². The van der Waals surface area contributed by atoms with Gasteiger partial charge in [-0.05, 0) is 30.7 Å². The van der Waals surface area contributed by atoms with Crippen molar-refractivity contribution in [3.8, 4) is 0 Å². The molecule has 1 aliphatic rings. The van der Waals surface area contributed by atoms with Gasteiger partial charge in [-0.1, -0.05) is 49.2 Å². The second-order valence-corrected chi connectivity index (χ2v) is 4.85. The lowest BCUT2D eigenvalue weighted by Crippen LogP contribution is -2.11. The van der Waals surface area contributed by atoms with E-state index in [4.69, 9.17) is 0 Å². The molecular formula is C15H18O2. The van der Waals surface area contributed by atoms with Gasteiger partial charge in [0.1, 0.15) is 0 Å². The first-order chi connectivity index (χ1) is 8.18. The lowest BCUT2D eigenvalue weighted by Gasteiger charge is -2.22. The molecule has 1 saturated carbocycles. The molecule has 0 saturated heterocycles. The average molecular weight is 230 g/mol. The standard InChI is InChI=1S/C15H18O2/c1-11-6-5-9-13(10-11)14(15(16)17)12-7-3-2-4-8-12/h2-4,7-8,11H,5-6,9-10H2,1H3,(H,16,17)/b14-13-/t11-/m0/s1. The van der Waals surface area contributed by atoms with Gasteiger partial charge in [-0.3, -0.25) is 0 Å². The van der Waals surface area contributed by atoms with Gasteiger partial charge in [0.15, 0.2) is 0 Å². The molecule has 0 unspecified atom stereocenters. The van der Waals surface area contributed by atoms with E-state index in [9.17, 15) is 9.90 Å². The maximum atomic E-state index is 11.4. The van der Waals surface area contributed by atoms with E-state index in [0.29, 0.717) is 11.5 Å². The molecule has 1 aromatic carbocycles. The van der Waals surface area contributed by atoms with Crippen LogP contribution in [-0.4, -0.2) is 11.1 Å². The van der Waals surface area contributed by atoms with Crippen LogP contribution in [0.2, 0.25) is 0 Å². The first-order valence-corrected chi connectivity index (χ1v) is 6.19. The Bertz CT molecular complexity index is 431. The van der Waals surface area contributed by atoms with Crippen molar-refractivity contribution in [1.29, 1.82) is 0 Å². The van der Waals surface area contributed by atoms with Crippen molar-refractivity contribution in [2.75, 3.05) is 0 Å². The number of benzene rings is 1. The quantitative estimate of drug-likeness (QED) is 0.786. The van der Waals surface area contributed by atoms with Crippen molar-refractivity contribution in [3.05, 3.63) is 41.5 Å². The molecule has 1 fully saturated rings. The molecule has 0 aromatic heterocycles. The number of carboxylic acids is 1. The van der Waals surface area contributed by atoms with Crippen molar-refractivity contribution >= 4 is 11.5 Å². The molecule has 1 atom stereocenters. The van der Waals surface area contributed by atoms with Crippen LogP contribution in [0.1, 0.15) is 38.2 Å². The van der Waals surface area contributed by atoms with Crippen LogP contribution in [0, 0.1) is 5.92 Å². The molecule has 0 aliphatic heterocycles. The summed E-state index contributed by atoms with van der Waals surface area (Å²) in [6, 6.07) is 9.47. The molecular weight excluding hydrogens is 212 g/mol. The van der Waals surface area contributed by atoms with Crippen LogP contribution in [0.15, 0.2) is 35.9 Å². The summed E-state index contributed by atoms with van der Waals surface area (Å²) in [5.74, 6) is -0.183. The van der Waals surface area contributed by atoms with E-state index in [0.717, 1.165) is 30.4 Å². The normalized spacial score (nSPS) is 23.2. The van der Waals surface area contributed by atoms with Gasteiger partial charge < -0.3 is 5.11 Å². The zero-order valence-electron chi connectivity index (χ0n) is 10.1. The summed E-state index contributed by atoms with van der Waals surface area (Å²) < 4.78 is 0. The van der Waals surface area contributed by atoms with Crippen molar-refractivity contribution < 1.29 is 9.90 Å². The Labute approximate surface area is 102 Å². The summed E-state index contributed by atoms with van der Waals surface area (Å²) in [6.45, 7) is 2.20. The molecule has 0 radical (unpaired) electrons. The maximum Gasteiger partial charge on any atom is 0.336 e. The molecule has 90 valence electrons. The monoisotopic (exact) mass is 230 g/mol. The van der Waals surface area contributed by atoms with Gasteiger partial charge in [-0.2, -0.15) is 0 Å². The van der Waals surface area contributed by atoms with Gasteiger partial charge in [0.05, 0.1) is 5.57 Å². The second-order valence-electron chi connectivity index (χ2n) is 4.85. The van der Waals surface area contributed by atoms with Crippen LogP contribution in [0.5, 0.6) is 0 Å². The van der Waals surface area contributed by atoms with E-state index in [1.54, 1.807) is 0 Å². The Balaban J connectivity index is 2.41. The summed E-state index contributed by atoms with van der Waals surface area (Å²) in [6.07, 6.45) is 4.18. The lowest BCUT2D eigenvalue weighted by atomic mass is 9.83. The summed E-state index contributed by atoms with van der Waals surface area (Å²) in [4.78, 5) is 11.4. The second kappa shape index (κ2) is 5.17. The Morgan fingerprint density at radius 1 is 1.29 bits per heavy atom. The summed E-state index contributed by atoms with van der Waals surface area (Å²) in [7, 11) is 0. The molecule has 2 rings (SSSR count). The van der Waals surface area contributed by atoms with E-state index in [1.165, 1.54) is 6.42 Å². The van der Waals surface area contributed by atoms with Crippen LogP contribution < -0.4 is 0 Å². The molecule has 2 heteroatoms. The molecule has 17 heavy (non-hydrogen) atoms. The highest BCUT2D eigenvalue weighted by Gasteiger charge is 2.21. The van der Waals surface area contributed by atoms with E-state index in [2.05, 4.69) is 6.92 Å². The van der Waals surface area contributed by atoms with Gasteiger partial charge >= 0.3 is 5.97 Å². The Morgan fingerprint density at radius 2 is 2.00 bits per heavy atom. The third-order valence-electron chi connectivity index (χ3n) is 3.40. The predicted molar refractivity (Wildman–Crippen MR) is 68.6 cm³/mol. The maximum absolute atomic E-state index is 11.4. The Kier molecular flexibility index (Phi) is 3.62. The third kappa shape index (κ3) is 2.76. The van der Waals surface area contributed by atoms with Crippen LogP contribution >= 0.6 is 0 Å². The highest BCUT2D eigenvalue weighted by Crippen LogP contribution is 2.33. The number of rotatable bonds is 2. The van der Waals surface area contributed by atoms with Gasteiger partial charge in [-0.15, -0.1) is 0 Å². The molecule has 2 nitrogen and oxygen atoms in total. The SMILES string of the molecule is C[C@H]1CCC/C(=C(/C(=O)O)c2ccccc2)C1. The Hall–Kier alpha value is -1.57. The van der Waals surface area contributed by atoms with Gasteiger partial charge in [-0.25, -0.2) is 4.79 Å². The molecule has 0 bridgehead atoms. The summed E-state index contributed by atoms with van der Waals surface area (Å²) in [5, 5.41) is 9.41. The minimum Gasteiger partial charge on any atom is -0.478 e. The lowest BCUT2D eigenvalue weighted by molar-refractivity contribution is -0.130. The Morgan fingerprint density at radius 3 is 2.59 bits per heavy atom. The molecule has 0 heterocycles. The fourth-order valence-electron chi connectivity index (χ4n) is 2.60. The number of carboxylic acid groups (broad SMARTS) is 1. The minimum absolute atomic E-state index is 0.525. The van der Waals surface area contributed by atoms with Crippen molar-refractivity contribution in [1.82, 2.24) is 0 Å². The van der Waals surface area contributed by atoms with E-state index in [-0.39, 0.29) is 0 Å². The van der Waals surface area contributed by atoms with Gasteiger partial charge in [0.2, 0.25) is 0 Å². The topological polar surface area (TPSA) is 37.3 Å². The summed E-state index contributed by atoms with van der Waals surface area (Å²) in [5.41, 5.74) is 2.48. The molecule has 1 N–H and O–H groups in total. The molecule has 0 amide bonds. The van der Waals surface area contributed by atoms with E-state index in [1.807, 2.05) is 30.3 Å². The number of carbonyl (C=O) groups is 1. The fourth-order valence-corrected chi connectivity index (χ4v) is 2.60. The number of hydrogen-bond donors (Lipinski definition) is 1. The van der Waals surface area contributed by atoms with E-state index >= 15 is 0 Å². The summed E-state index contributed by atoms with van der Waals surface area (Å²) >= 11 is 0. The molecule has 0 spiro atoms. The first kappa shape index (κ1) is 11.9. The first-order valence-electron chi connectivity index (χ1n) is 6.19. The van der Waals surface area contributed by atoms with Crippen LogP contribution in [0.3, 0.4) is 0 Å². The zero-order chi connectivity index (χ0) is 12.3. The smallest absolute Gasteiger partial charge is 0.336 e. The van der Waals surface area contributed by atoms with E-state index < -0.39 is 5.97 Å². The largest absolute Gasteiger partial charge is 0.478 e. The number of allylic oxidation sites excluding steroid dienone is 1. The highest BCUT2D eigenvalue weighted by molar-refractivity contribution is 6.16. The van der Waals surface area contributed by atoms with Gasteiger partial charge in [0, 0.05) is 0 Å². The van der Waals surface area contributed by atoms with Gasteiger partial charge in [0.25, 0.3) is 0 Å². The van der Waals surface area contributed by atoms with Crippen LogP contribution in [0.25, 0.3) is 5.57 Å².